The third-order valence-electron chi connectivity index (χ3n) is 13.6. The van der Waals surface area contributed by atoms with Crippen LogP contribution >= 0.6 is 0 Å². The minimum absolute atomic E-state index is 0. The van der Waals surface area contributed by atoms with E-state index in [1.165, 1.54) is 56.9 Å². The van der Waals surface area contributed by atoms with E-state index < -0.39 is 155 Å². The summed E-state index contributed by atoms with van der Waals surface area (Å²) in [5.41, 5.74) is 4.96. The third kappa shape index (κ3) is 28.6. The molecule has 13 N–H and O–H groups in total. The van der Waals surface area contributed by atoms with Gasteiger partial charge in [-0.05, 0) is 43.4 Å². The molecule has 5 rings (SSSR count). The van der Waals surface area contributed by atoms with Crippen LogP contribution in [-0.2, 0) is 93.0 Å². The van der Waals surface area contributed by atoms with Gasteiger partial charge in [-0.1, -0.05) is 0 Å². The second-order valence-electron chi connectivity index (χ2n) is 19.4. The molecule has 1 aromatic carbocycles. The molecule has 0 radical (unpaired) electrons. The van der Waals surface area contributed by atoms with Gasteiger partial charge in [0.2, 0.25) is 5.75 Å². The van der Waals surface area contributed by atoms with E-state index in [2.05, 4.69) is 5.73 Å². The van der Waals surface area contributed by atoms with Gasteiger partial charge in [-0.2, -0.15) is 0 Å². The molecule has 4 saturated heterocycles. The Hall–Kier alpha value is -1.56. The van der Waals surface area contributed by atoms with Gasteiger partial charge in [0.15, 0.2) is 36.7 Å². The number of quaternary nitrogens is 1. The van der Waals surface area contributed by atoms with Crippen LogP contribution in [0.5, 0.6) is 17.2 Å². The van der Waals surface area contributed by atoms with Crippen molar-refractivity contribution < 1.29 is 193 Å². The Labute approximate surface area is 536 Å². The molecule has 0 amide bonds. The Morgan fingerprint density at radius 1 is 0.443 bits per heavy atom. The van der Waals surface area contributed by atoms with Crippen molar-refractivity contribution in [2.75, 3.05) is 136 Å². The first-order valence-corrected chi connectivity index (χ1v) is 30.4. The largest absolute Gasteiger partial charge is 1.00 e. The predicted octanol–water partition coefficient (Wildman–Crippen LogP) is -9.45. The standard InChI is InChI=1S/2C12H24O9S.C11H17NO3.2C8H16O6.Na/c2*1-18-11-8(21-12(19-2)10(14)9(11)13)7-20-5-3-4-6-22(15,16)17;1-13-9-6-8(4-5-12)7-10(14-2)11(9)15-3;2*1-12-7-4(3-9)14-8(13-2)6(11)5(7)10;/h2*8-14H,3-7H2,1-2H3,(H,15,16,17);6-7H,4-5,12H2,1-3H3;2*4-11H,3H2,1-2H3;/q;;;;;+1/p-1. The summed E-state index contributed by atoms with van der Waals surface area (Å²) in [5, 5.41) is 95.5. The summed E-state index contributed by atoms with van der Waals surface area (Å²) >= 11 is 0. The molecule has 0 saturated carbocycles. The Morgan fingerprint density at radius 3 is 0.955 bits per heavy atom. The number of hydrogen-bond donors (Lipinski definition) is 11. The van der Waals surface area contributed by atoms with Crippen LogP contribution in [0.4, 0.5) is 0 Å². The summed E-state index contributed by atoms with van der Waals surface area (Å²) in [7, 11) is 7.33. The van der Waals surface area contributed by atoms with Crippen molar-refractivity contribution in [2.45, 2.75) is 155 Å². The SMILES string of the molecule is COC1OC(CO)C(OC)C(O)C1O.COC1OC(CO)C(OC)C(O)C1O.COC1OC(COCCCCS(=O)(=O)[O-])C(OC)C(O)C1O.COC1OC(COCCCCS(=O)(=O)[O-])C(OC)C(O)C1O.COc1cc(CC[NH3+])cc(OC)c1OC.[Na+]. The van der Waals surface area contributed by atoms with Crippen LogP contribution in [0.15, 0.2) is 12.1 Å². The van der Waals surface area contributed by atoms with Crippen molar-refractivity contribution in [3.63, 3.8) is 0 Å². The number of unbranched alkanes of at least 4 members (excludes halogenated alkanes) is 2. The van der Waals surface area contributed by atoms with Crippen molar-refractivity contribution in [1.82, 2.24) is 0 Å². The summed E-state index contributed by atoms with van der Waals surface area (Å²) in [6.45, 7) is 0.867. The first-order chi connectivity index (χ1) is 41.2. The van der Waals surface area contributed by atoms with Crippen LogP contribution in [0.3, 0.4) is 0 Å². The van der Waals surface area contributed by atoms with Crippen molar-refractivity contribution in [3.05, 3.63) is 17.7 Å². The van der Waals surface area contributed by atoms with Crippen molar-refractivity contribution in [3.8, 4) is 17.2 Å². The fraction of sp³-hybridized carbons (Fsp3) is 0.882. The molecule has 0 bridgehead atoms. The second-order valence-corrected chi connectivity index (χ2v) is 22.5. The molecule has 4 fully saturated rings. The zero-order valence-corrected chi connectivity index (χ0v) is 55.6. The van der Waals surface area contributed by atoms with Crippen LogP contribution in [0.25, 0.3) is 0 Å². The van der Waals surface area contributed by atoms with E-state index in [0.29, 0.717) is 30.1 Å². The summed E-state index contributed by atoms with van der Waals surface area (Å²) < 4.78 is 150. The molecular formula is C51H96NNaO33S2. The van der Waals surface area contributed by atoms with E-state index in [-0.39, 0.29) is 82.0 Å². The molecule has 0 aliphatic carbocycles. The van der Waals surface area contributed by atoms with Crippen molar-refractivity contribution in [1.29, 1.82) is 0 Å². The van der Waals surface area contributed by atoms with E-state index in [9.17, 15) is 66.8 Å². The molecule has 0 aromatic heterocycles. The van der Waals surface area contributed by atoms with E-state index in [1.807, 2.05) is 12.1 Å². The van der Waals surface area contributed by atoms with Gasteiger partial charge in [-0.25, -0.2) is 16.8 Å². The number of aliphatic hydroxyl groups excluding tert-OH is 10. The van der Waals surface area contributed by atoms with Crippen molar-refractivity contribution in [2.24, 2.45) is 0 Å². The molecule has 0 spiro atoms. The molecule has 34 nitrogen and oxygen atoms in total. The summed E-state index contributed by atoms with van der Waals surface area (Å²) in [4.78, 5) is 0. The van der Waals surface area contributed by atoms with Crippen LogP contribution in [0, 0.1) is 0 Å². The van der Waals surface area contributed by atoms with E-state index in [4.69, 9.17) is 90.7 Å². The average Bonchev–Trinajstić information content (AvgIpc) is 3.70. The molecule has 4 aliphatic rings. The molecule has 4 aliphatic heterocycles. The van der Waals surface area contributed by atoms with E-state index in [0.717, 1.165) is 18.5 Å². The maximum atomic E-state index is 10.4. The number of aliphatic hydroxyl groups is 10. The van der Waals surface area contributed by atoms with Crippen LogP contribution in [-0.4, -0.2) is 336 Å². The minimum Gasteiger partial charge on any atom is -0.748 e. The Bertz CT molecular complexity index is 2040. The predicted molar refractivity (Wildman–Crippen MR) is 295 cm³/mol. The molecular weight excluding hydrogens is 1240 g/mol. The maximum Gasteiger partial charge on any atom is 1.00 e. The normalized spacial score (nSPS) is 32.2. The van der Waals surface area contributed by atoms with Gasteiger partial charge < -0.3 is 146 Å². The Morgan fingerprint density at radius 2 is 0.727 bits per heavy atom. The Balaban J connectivity index is 0.00000109. The van der Waals surface area contributed by atoms with Crippen LogP contribution < -0.4 is 49.5 Å². The average molecular weight is 1340 g/mol. The third-order valence-corrected chi connectivity index (χ3v) is 15.1. The minimum atomic E-state index is -4.20. The number of rotatable bonds is 29. The van der Waals surface area contributed by atoms with Gasteiger partial charge in [0.1, 0.15) is 97.7 Å². The van der Waals surface area contributed by atoms with Crippen LogP contribution in [0.1, 0.15) is 31.2 Å². The van der Waals surface area contributed by atoms with E-state index >= 15 is 0 Å². The zero-order chi connectivity index (χ0) is 66.2. The van der Waals surface area contributed by atoms with Gasteiger partial charge >= 0.3 is 29.6 Å². The molecule has 516 valence electrons. The fourth-order valence-electron chi connectivity index (χ4n) is 8.98. The summed E-state index contributed by atoms with van der Waals surface area (Å²) in [5.74, 6) is 1.18. The fourth-order valence-corrected chi connectivity index (χ4v) is 10.1. The number of hydrogen-bond acceptors (Lipinski definition) is 33. The second kappa shape index (κ2) is 45.7. The monoisotopic (exact) mass is 1340 g/mol. The zero-order valence-electron chi connectivity index (χ0n) is 52.0. The van der Waals surface area contributed by atoms with Gasteiger partial charge in [-0.15, -0.1) is 0 Å². The van der Waals surface area contributed by atoms with Gasteiger partial charge in [0, 0.05) is 88.0 Å². The molecule has 20 unspecified atom stereocenters. The van der Waals surface area contributed by atoms with Crippen LogP contribution in [0.2, 0.25) is 0 Å². The molecule has 37 heteroatoms. The maximum absolute atomic E-state index is 10.4. The summed E-state index contributed by atoms with van der Waals surface area (Å²) in [6.07, 6.45) is -16.8. The number of benzene rings is 1. The van der Waals surface area contributed by atoms with E-state index in [1.54, 1.807) is 21.3 Å². The molecule has 1 aromatic rings. The van der Waals surface area contributed by atoms with Crippen molar-refractivity contribution >= 4 is 20.2 Å². The molecule has 88 heavy (non-hydrogen) atoms. The Kier molecular flexibility index (Phi) is 44.9. The number of methoxy groups -OCH3 is 11. The van der Waals surface area contributed by atoms with Gasteiger partial charge in [0.05, 0.1) is 74.5 Å². The topological polar surface area (TPSA) is 501 Å². The number of ether oxygens (including phenoxy) is 17. The quantitative estimate of drug-likeness (QED) is 0.0202. The summed E-state index contributed by atoms with van der Waals surface area (Å²) in [6, 6.07) is 3.90. The van der Waals surface area contributed by atoms with Gasteiger partial charge in [-0.3, -0.25) is 0 Å². The smallest absolute Gasteiger partial charge is 0.748 e. The molecule has 20 atom stereocenters. The van der Waals surface area contributed by atoms with Gasteiger partial charge in [0.25, 0.3) is 0 Å². The molecule has 4 heterocycles. The first-order valence-electron chi connectivity index (χ1n) is 27.3. The first kappa shape index (κ1) is 86.4.